The Hall–Kier alpha value is -1.91. The predicted molar refractivity (Wildman–Crippen MR) is 60.1 cm³/mol. The fourth-order valence-corrected chi connectivity index (χ4v) is 2.12. The summed E-state index contributed by atoms with van der Waals surface area (Å²) >= 11 is 0. The van der Waals surface area contributed by atoms with Crippen LogP contribution in [0, 0.1) is 0 Å². The van der Waals surface area contributed by atoms with Gasteiger partial charge in [0.05, 0.1) is 12.2 Å². The standard InChI is InChI=1S/C11H13N5/c1-2-5-12-11(3-1)15-7-4-10(9-15)16-8-6-13-14-16/h1-3,5-6,8,10H,4,7,9H2. The Kier molecular flexibility index (Phi) is 2.29. The van der Waals surface area contributed by atoms with E-state index in [-0.39, 0.29) is 0 Å². The van der Waals surface area contributed by atoms with Crippen LogP contribution in [0.1, 0.15) is 12.5 Å². The number of hydrogen-bond donors (Lipinski definition) is 0. The number of nitrogens with zero attached hydrogens (tertiary/aromatic N) is 5. The molecule has 0 spiro atoms. The largest absolute Gasteiger partial charge is 0.354 e. The summed E-state index contributed by atoms with van der Waals surface area (Å²) in [6.45, 7) is 1.99. The fraction of sp³-hybridized carbons (Fsp3) is 0.364. The van der Waals surface area contributed by atoms with Crippen molar-refractivity contribution in [3.05, 3.63) is 36.8 Å². The maximum Gasteiger partial charge on any atom is 0.128 e. The van der Waals surface area contributed by atoms with E-state index in [1.165, 1.54) is 0 Å². The molecule has 16 heavy (non-hydrogen) atoms. The first-order valence-corrected chi connectivity index (χ1v) is 5.45. The Morgan fingerprint density at radius 1 is 1.25 bits per heavy atom. The van der Waals surface area contributed by atoms with Gasteiger partial charge in [0.2, 0.25) is 0 Å². The molecule has 3 rings (SSSR count). The van der Waals surface area contributed by atoms with E-state index in [1.54, 1.807) is 6.20 Å². The maximum absolute atomic E-state index is 4.36. The Labute approximate surface area is 93.7 Å². The van der Waals surface area contributed by atoms with Crippen molar-refractivity contribution in [3.8, 4) is 0 Å². The van der Waals surface area contributed by atoms with Gasteiger partial charge < -0.3 is 4.90 Å². The topological polar surface area (TPSA) is 46.8 Å². The molecule has 0 N–H and O–H groups in total. The van der Waals surface area contributed by atoms with E-state index in [0.717, 1.165) is 25.3 Å². The molecule has 0 amide bonds. The minimum absolute atomic E-state index is 0.421. The van der Waals surface area contributed by atoms with Crippen LogP contribution in [0.5, 0.6) is 0 Å². The molecule has 0 aromatic carbocycles. The number of hydrogen-bond acceptors (Lipinski definition) is 4. The summed E-state index contributed by atoms with van der Waals surface area (Å²) in [5.74, 6) is 1.05. The van der Waals surface area contributed by atoms with Crippen molar-refractivity contribution in [3.63, 3.8) is 0 Å². The van der Waals surface area contributed by atoms with Crippen molar-refractivity contribution in [1.82, 2.24) is 20.0 Å². The molecule has 1 saturated heterocycles. The number of anilines is 1. The van der Waals surface area contributed by atoms with E-state index >= 15 is 0 Å². The Bertz CT molecular complexity index is 439. The average Bonchev–Trinajstić information content (AvgIpc) is 3.01. The third-order valence-electron chi connectivity index (χ3n) is 2.95. The van der Waals surface area contributed by atoms with Gasteiger partial charge in [0.1, 0.15) is 5.82 Å². The van der Waals surface area contributed by atoms with Crippen molar-refractivity contribution >= 4 is 5.82 Å². The summed E-state index contributed by atoms with van der Waals surface area (Å²) in [6.07, 6.45) is 6.58. The van der Waals surface area contributed by atoms with E-state index < -0.39 is 0 Å². The molecule has 1 unspecified atom stereocenters. The van der Waals surface area contributed by atoms with Crippen LogP contribution in [0.15, 0.2) is 36.8 Å². The predicted octanol–water partition coefficient (Wildman–Crippen LogP) is 1.12. The van der Waals surface area contributed by atoms with E-state index in [1.807, 2.05) is 35.3 Å². The number of pyridine rings is 1. The van der Waals surface area contributed by atoms with Gasteiger partial charge in [-0.15, -0.1) is 5.10 Å². The lowest BCUT2D eigenvalue weighted by Crippen LogP contribution is -2.21. The second-order valence-corrected chi connectivity index (χ2v) is 3.96. The zero-order valence-electron chi connectivity index (χ0n) is 8.90. The van der Waals surface area contributed by atoms with Crippen molar-refractivity contribution in [1.29, 1.82) is 0 Å². The number of aromatic nitrogens is 4. The molecule has 5 nitrogen and oxygen atoms in total. The molecule has 3 heterocycles. The van der Waals surface area contributed by atoms with Crippen molar-refractivity contribution in [2.24, 2.45) is 0 Å². The lowest BCUT2D eigenvalue weighted by Gasteiger charge is -2.16. The van der Waals surface area contributed by atoms with Gasteiger partial charge in [-0.3, -0.25) is 0 Å². The van der Waals surface area contributed by atoms with E-state index in [4.69, 9.17) is 0 Å². The highest BCUT2D eigenvalue weighted by atomic mass is 15.4. The molecular weight excluding hydrogens is 202 g/mol. The highest BCUT2D eigenvalue weighted by Crippen LogP contribution is 2.24. The van der Waals surface area contributed by atoms with Gasteiger partial charge in [0.25, 0.3) is 0 Å². The smallest absolute Gasteiger partial charge is 0.128 e. The third kappa shape index (κ3) is 1.64. The summed E-state index contributed by atoms with van der Waals surface area (Å²) in [6, 6.07) is 6.42. The van der Waals surface area contributed by atoms with E-state index in [2.05, 4.69) is 20.2 Å². The van der Waals surface area contributed by atoms with Crippen LogP contribution in [-0.4, -0.2) is 33.1 Å². The van der Waals surface area contributed by atoms with Crippen molar-refractivity contribution in [2.75, 3.05) is 18.0 Å². The molecule has 1 atom stereocenters. The molecule has 82 valence electrons. The Morgan fingerprint density at radius 2 is 2.25 bits per heavy atom. The summed E-state index contributed by atoms with van der Waals surface area (Å²) < 4.78 is 1.93. The van der Waals surface area contributed by atoms with Gasteiger partial charge in [-0.05, 0) is 18.6 Å². The minimum atomic E-state index is 0.421. The molecule has 0 saturated carbocycles. The highest BCUT2D eigenvalue weighted by molar-refractivity contribution is 5.39. The lowest BCUT2D eigenvalue weighted by molar-refractivity contribution is 0.479. The molecule has 1 fully saturated rings. The normalized spacial score (nSPS) is 20.2. The van der Waals surface area contributed by atoms with Crippen LogP contribution >= 0.6 is 0 Å². The zero-order chi connectivity index (χ0) is 10.8. The maximum atomic E-state index is 4.36. The summed E-state index contributed by atoms with van der Waals surface area (Å²) in [5, 5.41) is 7.89. The first-order chi connectivity index (χ1) is 7.93. The Morgan fingerprint density at radius 3 is 3.00 bits per heavy atom. The van der Waals surface area contributed by atoms with Crippen molar-refractivity contribution in [2.45, 2.75) is 12.5 Å². The van der Waals surface area contributed by atoms with Crippen molar-refractivity contribution < 1.29 is 0 Å². The zero-order valence-corrected chi connectivity index (χ0v) is 8.90. The molecular formula is C11H13N5. The van der Waals surface area contributed by atoms with Gasteiger partial charge in [-0.1, -0.05) is 11.3 Å². The SMILES string of the molecule is c1ccc(N2CCC(n3ccnn3)C2)nc1. The summed E-state index contributed by atoms with van der Waals surface area (Å²) in [7, 11) is 0. The van der Waals surface area contributed by atoms with Crippen LogP contribution in [-0.2, 0) is 0 Å². The number of rotatable bonds is 2. The van der Waals surface area contributed by atoms with Crippen LogP contribution in [0.2, 0.25) is 0 Å². The van der Waals surface area contributed by atoms with Gasteiger partial charge in [-0.25, -0.2) is 9.67 Å². The second kappa shape index (κ2) is 3.92. The Balaban J connectivity index is 1.74. The molecule has 0 aliphatic carbocycles. The van der Waals surface area contributed by atoms with Gasteiger partial charge in [0, 0.05) is 25.5 Å². The quantitative estimate of drug-likeness (QED) is 0.753. The molecule has 2 aromatic heterocycles. The molecule has 5 heteroatoms. The highest BCUT2D eigenvalue weighted by Gasteiger charge is 2.24. The molecule has 0 bridgehead atoms. The van der Waals surface area contributed by atoms with Gasteiger partial charge in [0.15, 0.2) is 0 Å². The van der Waals surface area contributed by atoms with E-state index in [0.29, 0.717) is 6.04 Å². The monoisotopic (exact) mass is 215 g/mol. The minimum Gasteiger partial charge on any atom is -0.354 e. The third-order valence-corrected chi connectivity index (χ3v) is 2.95. The molecule has 0 radical (unpaired) electrons. The van der Waals surface area contributed by atoms with Crippen LogP contribution < -0.4 is 4.90 Å². The van der Waals surface area contributed by atoms with Gasteiger partial charge >= 0.3 is 0 Å². The second-order valence-electron chi connectivity index (χ2n) is 3.96. The van der Waals surface area contributed by atoms with Crippen LogP contribution in [0.25, 0.3) is 0 Å². The molecule has 2 aromatic rings. The molecule has 1 aliphatic rings. The van der Waals surface area contributed by atoms with Gasteiger partial charge in [-0.2, -0.15) is 0 Å². The summed E-state index contributed by atoms with van der Waals surface area (Å²) in [4.78, 5) is 6.64. The van der Waals surface area contributed by atoms with E-state index in [9.17, 15) is 0 Å². The average molecular weight is 215 g/mol. The lowest BCUT2D eigenvalue weighted by atomic mass is 10.3. The van der Waals surface area contributed by atoms with Crippen LogP contribution in [0.3, 0.4) is 0 Å². The summed E-state index contributed by atoms with van der Waals surface area (Å²) in [5.41, 5.74) is 0. The van der Waals surface area contributed by atoms with Crippen LogP contribution in [0.4, 0.5) is 5.82 Å². The fourth-order valence-electron chi connectivity index (χ4n) is 2.12. The first kappa shape index (κ1) is 9.33. The first-order valence-electron chi connectivity index (χ1n) is 5.45. The molecule has 1 aliphatic heterocycles.